The lowest BCUT2D eigenvalue weighted by atomic mass is 9.79. The minimum Gasteiger partial charge on any atom is -0.335 e. The maximum absolute atomic E-state index is 12.6. The van der Waals surface area contributed by atoms with E-state index < -0.39 is 0 Å². The molecule has 1 aliphatic carbocycles. The van der Waals surface area contributed by atoms with Crippen molar-refractivity contribution in [3.63, 3.8) is 0 Å². The minimum absolute atomic E-state index is 0.183. The van der Waals surface area contributed by atoms with E-state index in [2.05, 4.69) is 29.0 Å². The summed E-state index contributed by atoms with van der Waals surface area (Å²) < 4.78 is 0. The van der Waals surface area contributed by atoms with Crippen molar-refractivity contribution in [2.45, 2.75) is 64.5 Å². The van der Waals surface area contributed by atoms with Gasteiger partial charge in [-0.1, -0.05) is 20.3 Å². The zero-order valence-corrected chi connectivity index (χ0v) is 13.7. The highest BCUT2D eigenvalue weighted by Crippen LogP contribution is 2.29. The van der Waals surface area contributed by atoms with Crippen LogP contribution >= 0.6 is 0 Å². The third-order valence-electron chi connectivity index (χ3n) is 5.94. The zero-order valence-electron chi connectivity index (χ0n) is 13.7. The van der Waals surface area contributed by atoms with E-state index >= 15 is 0 Å². The van der Waals surface area contributed by atoms with E-state index in [1.54, 1.807) is 0 Å². The molecule has 0 aromatic heterocycles. The highest BCUT2D eigenvalue weighted by Gasteiger charge is 2.34. The smallest absolute Gasteiger partial charge is 0.317 e. The van der Waals surface area contributed by atoms with Crippen molar-refractivity contribution in [3.8, 4) is 0 Å². The summed E-state index contributed by atoms with van der Waals surface area (Å²) in [7, 11) is 0. The molecule has 4 heteroatoms. The van der Waals surface area contributed by atoms with E-state index in [4.69, 9.17) is 0 Å². The van der Waals surface area contributed by atoms with E-state index in [0.717, 1.165) is 19.5 Å². The van der Waals surface area contributed by atoms with Gasteiger partial charge in [0.15, 0.2) is 0 Å². The van der Waals surface area contributed by atoms with Crippen LogP contribution in [0.4, 0.5) is 4.79 Å². The maximum Gasteiger partial charge on any atom is 0.317 e. The van der Waals surface area contributed by atoms with E-state index in [1.807, 2.05) is 0 Å². The summed E-state index contributed by atoms with van der Waals surface area (Å²) in [5.74, 6) is 1.24. The average Bonchev–Trinajstić information content (AvgIpc) is 3.12. The fourth-order valence-electron chi connectivity index (χ4n) is 4.53. The Kier molecular flexibility index (Phi) is 4.72. The molecule has 1 N–H and O–H groups in total. The zero-order chi connectivity index (χ0) is 14.8. The van der Waals surface area contributed by atoms with Gasteiger partial charge in [-0.05, 0) is 57.0 Å². The minimum atomic E-state index is 0.183. The monoisotopic (exact) mass is 293 g/mol. The van der Waals surface area contributed by atoms with Gasteiger partial charge >= 0.3 is 6.03 Å². The SMILES string of the molecule is C[C@@H]1CCC[C@@H](C)C1NC(=O)N1CC[C@H](N2CCCC2)C1. The van der Waals surface area contributed by atoms with Crippen molar-refractivity contribution in [1.82, 2.24) is 15.1 Å². The van der Waals surface area contributed by atoms with Gasteiger partial charge in [-0.2, -0.15) is 0 Å². The summed E-state index contributed by atoms with van der Waals surface area (Å²) in [5.41, 5.74) is 0. The third-order valence-corrected chi connectivity index (χ3v) is 5.94. The van der Waals surface area contributed by atoms with Crippen LogP contribution in [0.15, 0.2) is 0 Å². The molecule has 3 atom stereocenters. The number of nitrogens with one attached hydrogen (secondary N) is 1. The van der Waals surface area contributed by atoms with Gasteiger partial charge in [-0.3, -0.25) is 4.90 Å². The Balaban J connectivity index is 1.51. The molecule has 0 bridgehead atoms. The largest absolute Gasteiger partial charge is 0.335 e. The van der Waals surface area contributed by atoms with Crippen LogP contribution in [0.25, 0.3) is 0 Å². The molecule has 0 spiro atoms. The molecule has 2 aliphatic heterocycles. The number of amides is 2. The molecule has 3 fully saturated rings. The van der Waals surface area contributed by atoms with Crippen molar-refractivity contribution in [2.24, 2.45) is 11.8 Å². The topological polar surface area (TPSA) is 35.6 Å². The highest BCUT2D eigenvalue weighted by atomic mass is 16.2. The Hall–Kier alpha value is -0.770. The van der Waals surface area contributed by atoms with Crippen molar-refractivity contribution >= 4 is 6.03 Å². The van der Waals surface area contributed by atoms with Crippen LogP contribution in [-0.2, 0) is 0 Å². The molecular formula is C17H31N3O. The Bertz CT molecular complexity index is 357. The van der Waals surface area contributed by atoms with Gasteiger partial charge in [-0.15, -0.1) is 0 Å². The molecule has 4 nitrogen and oxygen atoms in total. The lowest BCUT2D eigenvalue weighted by molar-refractivity contribution is 0.168. The summed E-state index contributed by atoms with van der Waals surface area (Å²) in [6, 6.07) is 1.17. The fourth-order valence-corrected chi connectivity index (χ4v) is 4.53. The molecule has 120 valence electrons. The maximum atomic E-state index is 12.6. The van der Waals surface area contributed by atoms with Crippen molar-refractivity contribution in [1.29, 1.82) is 0 Å². The molecule has 2 saturated heterocycles. The number of nitrogens with zero attached hydrogens (tertiary/aromatic N) is 2. The molecule has 2 amide bonds. The molecule has 0 aromatic carbocycles. The van der Waals surface area contributed by atoms with Crippen LogP contribution in [0.1, 0.15) is 52.4 Å². The summed E-state index contributed by atoms with van der Waals surface area (Å²) >= 11 is 0. The first-order valence-electron chi connectivity index (χ1n) is 8.94. The second-order valence-electron chi connectivity index (χ2n) is 7.49. The Morgan fingerprint density at radius 2 is 1.62 bits per heavy atom. The van der Waals surface area contributed by atoms with Crippen molar-refractivity contribution in [3.05, 3.63) is 0 Å². The van der Waals surface area contributed by atoms with Crippen LogP contribution in [0, 0.1) is 11.8 Å². The lowest BCUT2D eigenvalue weighted by Crippen LogP contribution is -2.51. The van der Waals surface area contributed by atoms with Gasteiger partial charge in [0.25, 0.3) is 0 Å². The van der Waals surface area contributed by atoms with Gasteiger partial charge in [0.05, 0.1) is 0 Å². The van der Waals surface area contributed by atoms with Crippen molar-refractivity contribution < 1.29 is 4.79 Å². The Morgan fingerprint density at radius 3 is 2.29 bits per heavy atom. The van der Waals surface area contributed by atoms with Crippen molar-refractivity contribution in [2.75, 3.05) is 26.2 Å². The molecule has 0 aromatic rings. The van der Waals surface area contributed by atoms with Gasteiger partial charge in [0.1, 0.15) is 0 Å². The van der Waals surface area contributed by atoms with Crippen LogP contribution in [-0.4, -0.2) is 54.1 Å². The van der Waals surface area contributed by atoms with Gasteiger partial charge in [-0.25, -0.2) is 4.79 Å². The number of rotatable bonds is 2. The first-order valence-corrected chi connectivity index (χ1v) is 8.94. The Labute approximate surface area is 129 Å². The van der Waals surface area contributed by atoms with E-state index in [-0.39, 0.29) is 6.03 Å². The number of likely N-dealkylation sites (tertiary alicyclic amines) is 2. The van der Waals surface area contributed by atoms with Crippen LogP contribution in [0.3, 0.4) is 0 Å². The van der Waals surface area contributed by atoms with Crippen LogP contribution in [0.2, 0.25) is 0 Å². The fraction of sp³-hybridized carbons (Fsp3) is 0.941. The van der Waals surface area contributed by atoms with Crippen LogP contribution in [0.5, 0.6) is 0 Å². The standard InChI is InChI=1S/C17H31N3O/c1-13-6-5-7-14(2)16(13)18-17(21)20-11-8-15(12-20)19-9-3-4-10-19/h13-16H,3-12H2,1-2H3,(H,18,21)/t13-,14-,15+/m1/s1. The van der Waals surface area contributed by atoms with Crippen LogP contribution < -0.4 is 5.32 Å². The highest BCUT2D eigenvalue weighted by molar-refractivity contribution is 5.75. The first kappa shape index (κ1) is 15.1. The molecule has 3 aliphatic rings. The second-order valence-corrected chi connectivity index (χ2v) is 7.49. The first-order chi connectivity index (χ1) is 10.1. The number of carbonyl (C=O) groups is 1. The molecule has 3 rings (SSSR count). The lowest BCUT2D eigenvalue weighted by Gasteiger charge is -2.36. The third kappa shape index (κ3) is 3.36. The average molecular weight is 293 g/mol. The van der Waals surface area contributed by atoms with E-state index in [0.29, 0.717) is 23.9 Å². The summed E-state index contributed by atoms with van der Waals surface area (Å²) in [6.45, 7) is 8.91. The summed E-state index contributed by atoms with van der Waals surface area (Å²) in [5, 5.41) is 3.34. The number of hydrogen-bond acceptors (Lipinski definition) is 2. The number of carbonyl (C=O) groups excluding carboxylic acids is 1. The van der Waals surface area contributed by atoms with E-state index in [1.165, 1.54) is 45.2 Å². The normalized spacial score (nSPS) is 35.3. The van der Waals surface area contributed by atoms with Gasteiger partial charge in [0, 0.05) is 25.2 Å². The quantitative estimate of drug-likeness (QED) is 0.849. The molecule has 0 radical (unpaired) electrons. The van der Waals surface area contributed by atoms with E-state index in [9.17, 15) is 4.79 Å². The van der Waals surface area contributed by atoms with Gasteiger partial charge in [0.2, 0.25) is 0 Å². The Morgan fingerprint density at radius 1 is 0.952 bits per heavy atom. The number of urea groups is 1. The molecule has 21 heavy (non-hydrogen) atoms. The second kappa shape index (κ2) is 6.55. The summed E-state index contributed by atoms with van der Waals surface area (Å²) in [6.07, 6.45) is 7.65. The summed E-state index contributed by atoms with van der Waals surface area (Å²) in [4.78, 5) is 17.2. The molecule has 0 unspecified atom stereocenters. The van der Waals surface area contributed by atoms with Gasteiger partial charge < -0.3 is 10.2 Å². The predicted molar refractivity (Wildman–Crippen MR) is 85.3 cm³/mol. The predicted octanol–water partition coefficient (Wildman–Crippen LogP) is 2.69. The number of hydrogen-bond donors (Lipinski definition) is 1. The molecule has 2 heterocycles. The molecule has 1 saturated carbocycles. The molecular weight excluding hydrogens is 262 g/mol.